The summed E-state index contributed by atoms with van der Waals surface area (Å²) in [7, 11) is 0. The van der Waals surface area contributed by atoms with Crippen LogP contribution in [0.4, 0.5) is 11.5 Å². The minimum absolute atomic E-state index is 0.0696. The second-order valence-electron chi connectivity index (χ2n) is 7.36. The molecule has 0 spiro atoms. The second-order valence-corrected chi connectivity index (χ2v) is 8.61. The number of rotatable bonds is 7. The number of esters is 3. The van der Waals surface area contributed by atoms with E-state index in [1.165, 1.54) is 31.7 Å². The van der Waals surface area contributed by atoms with Crippen LogP contribution in [0.5, 0.6) is 0 Å². The van der Waals surface area contributed by atoms with Crippen LogP contribution in [0.1, 0.15) is 37.5 Å². The van der Waals surface area contributed by atoms with E-state index in [9.17, 15) is 19.2 Å². The van der Waals surface area contributed by atoms with E-state index < -0.39 is 48.4 Å². The monoisotopic (exact) mass is 586 g/mol. The number of carbonyl (C=O) groups is 4. The van der Waals surface area contributed by atoms with Crippen LogP contribution in [-0.2, 0) is 33.3 Å². The van der Waals surface area contributed by atoms with Crippen LogP contribution in [0, 0.1) is 3.57 Å². The highest BCUT2D eigenvalue weighted by Gasteiger charge is 2.51. The molecule has 1 fully saturated rings. The lowest BCUT2D eigenvalue weighted by Crippen LogP contribution is -2.40. The Bertz CT molecular complexity index is 1090. The molecule has 2 aromatic rings. The minimum atomic E-state index is -1.15. The number of nitrogens with two attached hydrogens (primary N) is 1. The molecule has 0 unspecified atom stereocenters. The van der Waals surface area contributed by atoms with Crippen LogP contribution in [0.25, 0.3) is 0 Å². The van der Waals surface area contributed by atoms with Gasteiger partial charge in [-0.1, -0.05) is 0 Å². The van der Waals surface area contributed by atoms with E-state index >= 15 is 0 Å². The first kappa shape index (κ1) is 25.4. The number of halogens is 1. The third-order valence-electron chi connectivity index (χ3n) is 4.76. The molecule has 4 atom stereocenters. The fraction of sp³-hybridized carbons (Fsp3) is 0.381. The summed E-state index contributed by atoms with van der Waals surface area (Å²) in [5.74, 6) is -2.53. The molecule has 2 heterocycles. The first-order valence-corrected chi connectivity index (χ1v) is 11.2. The fourth-order valence-corrected chi connectivity index (χ4v) is 3.75. The Hall–Kier alpha value is -3.20. The van der Waals surface area contributed by atoms with Gasteiger partial charge in [-0.3, -0.25) is 23.7 Å². The Kier molecular flexibility index (Phi) is 8.09. The number of nitrogen functional groups attached to an aromatic ring is 1. The van der Waals surface area contributed by atoms with Gasteiger partial charge in [-0.05, 0) is 46.9 Å². The van der Waals surface area contributed by atoms with Gasteiger partial charge in [0.1, 0.15) is 18.5 Å². The van der Waals surface area contributed by atoms with E-state index in [-0.39, 0.29) is 18.1 Å². The summed E-state index contributed by atoms with van der Waals surface area (Å²) in [5.41, 5.74) is 6.65. The molecule has 1 saturated heterocycles. The summed E-state index contributed by atoms with van der Waals surface area (Å²) in [6.07, 6.45) is -3.07. The maximum atomic E-state index is 12.7. The van der Waals surface area contributed by atoms with Gasteiger partial charge in [0.2, 0.25) is 0 Å². The third kappa shape index (κ3) is 6.02. The lowest BCUT2D eigenvalue weighted by Gasteiger charge is -2.24. The van der Waals surface area contributed by atoms with Crippen LogP contribution in [0.15, 0.2) is 30.6 Å². The van der Waals surface area contributed by atoms with Gasteiger partial charge in [-0.25, -0.2) is 4.98 Å². The molecule has 0 aliphatic carbocycles. The van der Waals surface area contributed by atoms with Crippen LogP contribution >= 0.6 is 22.6 Å². The Morgan fingerprint density at radius 1 is 1.06 bits per heavy atom. The standard InChI is InChI=1S/C21H23IN4O8/c1-10(27)31-8-15-17(32-11(2)28)18(33-12(3)29)21(34-15)26-9-24-16(19(26)23)20(30)25-14-6-4-13(22)5-7-14/h4-7,9,15,17-18,21H,8,23H2,1-3H3,(H,25,30)/t15-,17-,18-,21-/m1/s1. The number of hydrogen-bond acceptors (Lipinski definition) is 10. The third-order valence-corrected chi connectivity index (χ3v) is 5.48. The van der Waals surface area contributed by atoms with Gasteiger partial charge in [-0.15, -0.1) is 0 Å². The first-order chi connectivity index (χ1) is 16.1. The van der Waals surface area contributed by atoms with Crippen LogP contribution in [0.2, 0.25) is 0 Å². The van der Waals surface area contributed by atoms with Crippen molar-refractivity contribution in [1.29, 1.82) is 0 Å². The molecule has 0 radical (unpaired) electrons. The number of anilines is 2. The van der Waals surface area contributed by atoms with Crippen molar-refractivity contribution in [2.75, 3.05) is 17.7 Å². The van der Waals surface area contributed by atoms with Gasteiger partial charge < -0.3 is 30.0 Å². The molecule has 0 saturated carbocycles. The number of imidazole rings is 1. The quantitative estimate of drug-likeness (QED) is 0.277. The van der Waals surface area contributed by atoms with E-state index in [4.69, 9.17) is 24.7 Å². The first-order valence-electron chi connectivity index (χ1n) is 10.1. The summed E-state index contributed by atoms with van der Waals surface area (Å²) in [4.78, 5) is 51.6. The molecule has 1 amide bonds. The van der Waals surface area contributed by atoms with Crippen molar-refractivity contribution in [1.82, 2.24) is 9.55 Å². The van der Waals surface area contributed by atoms with Crippen LogP contribution < -0.4 is 11.1 Å². The SMILES string of the molecule is CC(=O)OC[C@H]1O[C@@H](n2cnc(C(=O)Nc3ccc(I)cc3)c2N)[C@H](OC(C)=O)[C@@H]1OC(C)=O. The average molecular weight is 586 g/mol. The maximum absolute atomic E-state index is 12.7. The van der Waals surface area contributed by atoms with Crippen LogP contribution in [0.3, 0.4) is 0 Å². The fourth-order valence-electron chi connectivity index (χ4n) is 3.39. The van der Waals surface area contributed by atoms with Crippen molar-refractivity contribution in [3.63, 3.8) is 0 Å². The highest BCUT2D eigenvalue weighted by Crippen LogP contribution is 2.36. The molecule has 1 aliphatic rings. The van der Waals surface area contributed by atoms with Crippen LogP contribution in [-0.4, -0.2) is 58.3 Å². The molecule has 1 aromatic carbocycles. The van der Waals surface area contributed by atoms with Gasteiger partial charge in [0.05, 0.1) is 6.33 Å². The van der Waals surface area contributed by atoms with Crippen molar-refractivity contribution in [3.05, 3.63) is 39.9 Å². The number of aromatic nitrogens is 2. The van der Waals surface area contributed by atoms with E-state index in [0.717, 1.165) is 3.57 Å². The smallest absolute Gasteiger partial charge is 0.303 e. The molecular formula is C21H23IN4O8. The summed E-state index contributed by atoms with van der Waals surface area (Å²) in [6, 6.07) is 7.11. The molecule has 34 heavy (non-hydrogen) atoms. The number of nitrogens with one attached hydrogen (secondary N) is 1. The Morgan fingerprint density at radius 2 is 1.68 bits per heavy atom. The lowest BCUT2D eigenvalue weighted by atomic mass is 10.1. The molecule has 0 bridgehead atoms. The van der Waals surface area contributed by atoms with Gasteiger partial charge in [0.25, 0.3) is 5.91 Å². The van der Waals surface area contributed by atoms with E-state index in [1.807, 2.05) is 12.1 Å². The summed E-state index contributed by atoms with van der Waals surface area (Å²) in [6.45, 7) is 3.30. The zero-order chi connectivity index (χ0) is 25.0. The Labute approximate surface area is 208 Å². The number of benzene rings is 1. The van der Waals surface area contributed by atoms with Gasteiger partial charge in [-0.2, -0.15) is 0 Å². The topological polar surface area (TPSA) is 161 Å². The summed E-state index contributed by atoms with van der Waals surface area (Å²) < 4.78 is 23.9. The van der Waals surface area contributed by atoms with Crippen molar-refractivity contribution in [2.45, 2.75) is 45.3 Å². The number of amides is 1. The van der Waals surface area contributed by atoms with Crippen molar-refractivity contribution in [2.24, 2.45) is 0 Å². The Balaban J connectivity index is 1.89. The minimum Gasteiger partial charge on any atom is -0.463 e. The molecule has 182 valence electrons. The maximum Gasteiger partial charge on any atom is 0.303 e. The normalized spacial score (nSPS) is 21.5. The second kappa shape index (κ2) is 10.8. The van der Waals surface area contributed by atoms with Crippen molar-refractivity contribution >= 4 is 57.9 Å². The van der Waals surface area contributed by atoms with Gasteiger partial charge in [0.15, 0.2) is 24.1 Å². The number of ether oxygens (including phenoxy) is 4. The summed E-state index contributed by atoms with van der Waals surface area (Å²) >= 11 is 2.14. The molecular weight excluding hydrogens is 563 g/mol. The number of hydrogen-bond donors (Lipinski definition) is 2. The van der Waals surface area contributed by atoms with Crippen molar-refractivity contribution < 1.29 is 38.1 Å². The highest BCUT2D eigenvalue weighted by atomic mass is 127. The van der Waals surface area contributed by atoms with E-state index in [1.54, 1.807) is 12.1 Å². The predicted octanol–water partition coefficient (Wildman–Crippen LogP) is 1.65. The molecule has 12 nitrogen and oxygen atoms in total. The van der Waals surface area contributed by atoms with Crippen molar-refractivity contribution in [3.8, 4) is 0 Å². The molecule has 13 heteroatoms. The predicted molar refractivity (Wildman–Crippen MR) is 125 cm³/mol. The lowest BCUT2D eigenvalue weighted by molar-refractivity contribution is -0.166. The van der Waals surface area contributed by atoms with E-state index in [0.29, 0.717) is 5.69 Å². The molecule has 3 rings (SSSR count). The molecule has 1 aliphatic heterocycles. The largest absolute Gasteiger partial charge is 0.463 e. The average Bonchev–Trinajstić information content (AvgIpc) is 3.28. The summed E-state index contributed by atoms with van der Waals surface area (Å²) in [5, 5.41) is 2.70. The number of carbonyl (C=O) groups excluding carboxylic acids is 4. The molecule has 3 N–H and O–H groups in total. The number of nitrogens with zero attached hydrogens (tertiary/aromatic N) is 2. The van der Waals surface area contributed by atoms with Gasteiger partial charge in [0, 0.05) is 30.0 Å². The highest BCUT2D eigenvalue weighted by molar-refractivity contribution is 14.1. The molecule has 1 aromatic heterocycles. The zero-order valence-corrected chi connectivity index (χ0v) is 20.7. The Morgan fingerprint density at radius 3 is 2.26 bits per heavy atom. The van der Waals surface area contributed by atoms with Gasteiger partial charge >= 0.3 is 17.9 Å². The van der Waals surface area contributed by atoms with E-state index in [2.05, 4.69) is 32.9 Å². The zero-order valence-electron chi connectivity index (χ0n) is 18.5.